The van der Waals surface area contributed by atoms with Gasteiger partial charge in [-0.2, -0.15) is 0 Å². The van der Waals surface area contributed by atoms with Crippen LogP contribution < -0.4 is 4.52 Å². The summed E-state index contributed by atoms with van der Waals surface area (Å²) < 4.78 is 15.9. The summed E-state index contributed by atoms with van der Waals surface area (Å²) in [4.78, 5) is 33.0. The van der Waals surface area contributed by atoms with E-state index in [0.29, 0.717) is 23.7 Å². The van der Waals surface area contributed by atoms with Crippen LogP contribution >= 0.6 is 31.0 Å². The molecular formula is C20H18Cl2NO5P. The molecule has 1 amide bonds. The minimum Gasteiger partial charge on any atom is -0.404 e. The standard InChI is InChI=1S/C20H18Cl2NO5P/c1-11-18(22)7-13(8-19(11)28-29(25,26)27)20(24)23-5-4-16-14(10-23)6-12-2-3-15(21)9-17(12)16/h2-3,7-9H,4-6,10H2,1H3,(H2,25,26,27). The van der Waals surface area contributed by atoms with Crippen molar-refractivity contribution in [3.63, 3.8) is 0 Å². The van der Waals surface area contributed by atoms with Gasteiger partial charge in [-0.05, 0) is 66.3 Å². The predicted molar refractivity (Wildman–Crippen MR) is 111 cm³/mol. The average molecular weight is 454 g/mol. The summed E-state index contributed by atoms with van der Waals surface area (Å²) in [6.45, 7) is 2.59. The van der Waals surface area contributed by atoms with E-state index in [0.717, 1.165) is 18.4 Å². The molecule has 0 saturated heterocycles. The minimum absolute atomic E-state index is 0.103. The number of rotatable bonds is 3. The van der Waals surface area contributed by atoms with E-state index < -0.39 is 7.82 Å². The van der Waals surface area contributed by atoms with E-state index in [4.69, 9.17) is 37.5 Å². The molecule has 4 rings (SSSR count). The van der Waals surface area contributed by atoms with E-state index >= 15 is 0 Å². The minimum atomic E-state index is -4.77. The first-order valence-corrected chi connectivity index (χ1v) is 11.3. The maximum absolute atomic E-state index is 13.1. The van der Waals surface area contributed by atoms with Crippen molar-refractivity contribution in [2.24, 2.45) is 0 Å². The Morgan fingerprint density at radius 1 is 1.21 bits per heavy atom. The molecule has 0 bridgehead atoms. The zero-order valence-electron chi connectivity index (χ0n) is 15.5. The van der Waals surface area contributed by atoms with Crippen LogP contribution in [0.25, 0.3) is 5.57 Å². The number of carbonyl (C=O) groups excluding carboxylic acids is 1. The lowest BCUT2D eigenvalue weighted by Gasteiger charge is -2.29. The topological polar surface area (TPSA) is 87.1 Å². The lowest BCUT2D eigenvalue weighted by molar-refractivity contribution is 0.0767. The highest BCUT2D eigenvalue weighted by Gasteiger charge is 2.30. The number of fused-ring (bicyclic) bond motifs is 2. The van der Waals surface area contributed by atoms with Crippen LogP contribution in [0, 0.1) is 6.92 Å². The fourth-order valence-electron chi connectivity index (χ4n) is 3.89. The van der Waals surface area contributed by atoms with Crippen molar-refractivity contribution in [2.75, 3.05) is 13.1 Å². The van der Waals surface area contributed by atoms with Gasteiger partial charge in [0.25, 0.3) is 5.91 Å². The second-order valence-electron chi connectivity index (χ2n) is 7.20. The van der Waals surface area contributed by atoms with Crippen LogP contribution in [0.4, 0.5) is 0 Å². The predicted octanol–water partition coefficient (Wildman–Crippen LogP) is 4.63. The number of benzene rings is 2. The van der Waals surface area contributed by atoms with Crippen molar-refractivity contribution in [1.82, 2.24) is 4.90 Å². The summed E-state index contributed by atoms with van der Waals surface area (Å²) in [5.41, 5.74) is 5.40. The van der Waals surface area contributed by atoms with E-state index in [2.05, 4.69) is 0 Å². The normalized spacial score (nSPS) is 16.0. The number of amides is 1. The SMILES string of the molecule is Cc1c(Cl)cc(C(=O)N2CCC3=C(Cc4ccc(Cl)cc43)C2)cc1OP(=O)(O)O. The van der Waals surface area contributed by atoms with Gasteiger partial charge in [-0.25, -0.2) is 4.57 Å². The monoisotopic (exact) mass is 453 g/mol. The van der Waals surface area contributed by atoms with Crippen molar-refractivity contribution in [1.29, 1.82) is 0 Å². The number of hydrogen-bond acceptors (Lipinski definition) is 3. The molecule has 1 heterocycles. The number of nitrogens with zero attached hydrogens (tertiary/aromatic N) is 1. The molecule has 0 radical (unpaired) electrons. The van der Waals surface area contributed by atoms with Gasteiger partial charge in [0.2, 0.25) is 0 Å². The van der Waals surface area contributed by atoms with Gasteiger partial charge in [-0.1, -0.05) is 29.3 Å². The highest BCUT2D eigenvalue weighted by molar-refractivity contribution is 7.46. The Hall–Kier alpha value is -1.82. The molecule has 0 aromatic heterocycles. The van der Waals surface area contributed by atoms with Crippen LogP contribution in [0.15, 0.2) is 35.9 Å². The van der Waals surface area contributed by atoms with Gasteiger partial charge in [0.15, 0.2) is 0 Å². The van der Waals surface area contributed by atoms with Crippen molar-refractivity contribution in [3.05, 3.63) is 68.2 Å². The Morgan fingerprint density at radius 2 is 1.97 bits per heavy atom. The summed E-state index contributed by atoms with van der Waals surface area (Å²) >= 11 is 12.3. The quantitative estimate of drug-likeness (QED) is 0.661. The summed E-state index contributed by atoms with van der Waals surface area (Å²) in [6.07, 6.45) is 1.51. The van der Waals surface area contributed by atoms with E-state index in [-0.39, 0.29) is 22.2 Å². The van der Waals surface area contributed by atoms with E-state index in [1.807, 2.05) is 18.2 Å². The molecular weight excluding hydrogens is 436 g/mol. The number of halogens is 2. The molecule has 0 atom stereocenters. The highest BCUT2D eigenvalue weighted by Crippen LogP contribution is 2.42. The van der Waals surface area contributed by atoms with Crippen molar-refractivity contribution in [3.8, 4) is 5.75 Å². The Labute approximate surface area is 177 Å². The molecule has 0 unspecified atom stereocenters. The van der Waals surface area contributed by atoms with Crippen LogP contribution in [-0.2, 0) is 11.0 Å². The zero-order chi connectivity index (χ0) is 20.9. The summed E-state index contributed by atoms with van der Waals surface area (Å²) in [7, 11) is -4.77. The smallest absolute Gasteiger partial charge is 0.404 e. The molecule has 2 aliphatic rings. The summed E-state index contributed by atoms with van der Waals surface area (Å²) in [5, 5.41) is 0.905. The summed E-state index contributed by atoms with van der Waals surface area (Å²) in [5.74, 6) is -0.364. The molecule has 1 aliphatic heterocycles. The summed E-state index contributed by atoms with van der Waals surface area (Å²) in [6, 6.07) is 8.70. The molecule has 0 fully saturated rings. The first-order valence-electron chi connectivity index (χ1n) is 8.96. The maximum Gasteiger partial charge on any atom is 0.524 e. The largest absolute Gasteiger partial charge is 0.524 e. The molecule has 0 saturated carbocycles. The number of phosphoric acid groups is 1. The first-order chi connectivity index (χ1) is 13.6. The van der Waals surface area contributed by atoms with Gasteiger partial charge < -0.3 is 9.42 Å². The fraction of sp³-hybridized carbons (Fsp3) is 0.250. The molecule has 152 valence electrons. The average Bonchev–Trinajstić information content (AvgIpc) is 3.00. The Bertz CT molecular complexity index is 1110. The molecule has 2 aromatic rings. The molecule has 2 N–H and O–H groups in total. The second-order valence-corrected chi connectivity index (χ2v) is 9.21. The molecule has 6 nitrogen and oxygen atoms in total. The molecule has 29 heavy (non-hydrogen) atoms. The van der Waals surface area contributed by atoms with Crippen LogP contribution in [-0.4, -0.2) is 33.7 Å². The third-order valence-corrected chi connectivity index (χ3v) is 6.35. The number of phosphoric ester groups is 1. The van der Waals surface area contributed by atoms with Gasteiger partial charge in [-0.3, -0.25) is 14.6 Å². The fourth-order valence-corrected chi connectivity index (χ4v) is 4.71. The number of hydrogen-bond donors (Lipinski definition) is 2. The molecule has 2 aromatic carbocycles. The van der Waals surface area contributed by atoms with Crippen LogP contribution in [0.2, 0.25) is 10.0 Å². The lowest BCUT2D eigenvalue weighted by Crippen LogP contribution is -2.36. The molecule has 9 heteroatoms. The Balaban J connectivity index is 1.59. The van der Waals surface area contributed by atoms with Gasteiger partial charge in [0.05, 0.1) is 0 Å². The van der Waals surface area contributed by atoms with Gasteiger partial charge >= 0.3 is 7.82 Å². The second kappa shape index (κ2) is 7.46. The third kappa shape index (κ3) is 4.09. The highest BCUT2D eigenvalue weighted by atomic mass is 35.5. The Kier molecular flexibility index (Phi) is 5.26. The Morgan fingerprint density at radius 3 is 2.69 bits per heavy atom. The van der Waals surface area contributed by atoms with E-state index in [1.165, 1.54) is 28.8 Å². The van der Waals surface area contributed by atoms with Crippen molar-refractivity contribution < 1.29 is 23.7 Å². The lowest BCUT2D eigenvalue weighted by atomic mass is 9.98. The molecule has 1 aliphatic carbocycles. The number of carbonyl (C=O) groups is 1. The van der Waals surface area contributed by atoms with Crippen LogP contribution in [0.1, 0.15) is 33.5 Å². The van der Waals surface area contributed by atoms with Crippen molar-refractivity contribution >= 4 is 42.5 Å². The van der Waals surface area contributed by atoms with Gasteiger partial charge in [0, 0.05) is 34.3 Å². The first kappa shape index (κ1) is 20.5. The maximum atomic E-state index is 13.1. The van der Waals surface area contributed by atoms with Gasteiger partial charge in [-0.15, -0.1) is 0 Å². The molecule has 0 spiro atoms. The zero-order valence-corrected chi connectivity index (χ0v) is 17.9. The van der Waals surface area contributed by atoms with Gasteiger partial charge in [0.1, 0.15) is 5.75 Å². The van der Waals surface area contributed by atoms with Crippen molar-refractivity contribution in [2.45, 2.75) is 19.8 Å². The van der Waals surface area contributed by atoms with Crippen LogP contribution in [0.3, 0.4) is 0 Å². The van der Waals surface area contributed by atoms with Crippen LogP contribution in [0.5, 0.6) is 5.75 Å². The van der Waals surface area contributed by atoms with E-state index in [1.54, 1.807) is 11.8 Å². The third-order valence-electron chi connectivity index (χ3n) is 5.29. The van der Waals surface area contributed by atoms with E-state index in [9.17, 15) is 9.36 Å².